The van der Waals surface area contributed by atoms with Crippen molar-refractivity contribution in [3.63, 3.8) is 0 Å². The number of hydrogen-bond acceptors (Lipinski definition) is 3. The fourth-order valence-electron chi connectivity index (χ4n) is 9.98. The van der Waals surface area contributed by atoms with Crippen molar-refractivity contribution >= 4 is 5.97 Å². The van der Waals surface area contributed by atoms with Crippen LogP contribution in [-0.2, 0) is 14.3 Å². The molecule has 6 unspecified atom stereocenters. The minimum absolute atomic E-state index is 0.00154. The average molecular weight is 427 g/mol. The monoisotopic (exact) mass is 426 g/mol. The van der Waals surface area contributed by atoms with E-state index < -0.39 is 6.29 Å². The molecule has 31 heavy (non-hydrogen) atoms. The van der Waals surface area contributed by atoms with Gasteiger partial charge in [0.1, 0.15) is 0 Å². The molecule has 0 aromatic heterocycles. The maximum Gasteiger partial charge on any atom is 0.315 e. The van der Waals surface area contributed by atoms with Crippen LogP contribution in [0.15, 0.2) is 12.7 Å². The van der Waals surface area contributed by atoms with Crippen LogP contribution < -0.4 is 0 Å². The Morgan fingerprint density at radius 1 is 1.03 bits per heavy atom. The summed E-state index contributed by atoms with van der Waals surface area (Å²) in [6.07, 6.45) is 11.1. The third-order valence-corrected chi connectivity index (χ3v) is 10.9. The molecule has 172 valence electrons. The zero-order valence-corrected chi connectivity index (χ0v) is 20.3. The molecule has 3 nitrogen and oxygen atoms in total. The van der Waals surface area contributed by atoms with Crippen molar-refractivity contribution in [2.24, 2.45) is 57.7 Å². The molecular formula is C28H42O3. The van der Waals surface area contributed by atoms with Crippen LogP contribution in [0.5, 0.6) is 0 Å². The second kappa shape index (κ2) is 6.19. The summed E-state index contributed by atoms with van der Waals surface area (Å²) in [5.74, 6) is 5.74. The Morgan fingerprint density at radius 3 is 2.13 bits per heavy atom. The Kier molecular flexibility index (Phi) is 4.14. The summed E-state index contributed by atoms with van der Waals surface area (Å²) >= 11 is 0. The van der Waals surface area contributed by atoms with E-state index in [0.717, 1.165) is 42.4 Å². The largest absolute Gasteiger partial charge is 0.431 e. The summed E-state index contributed by atoms with van der Waals surface area (Å²) in [7, 11) is 0. The molecule has 8 aliphatic carbocycles. The third kappa shape index (κ3) is 2.77. The molecule has 0 spiro atoms. The third-order valence-electron chi connectivity index (χ3n) is 10.9. The molecule has 3 heteroatoms. The second-order valence-electron chi connectivity index (χ2n) is 14.3. The van der Waals surface area contributed by atoms with Gasteiger partial charge < -0.3 is 9.47 Å². The van der Waals surface area contributed by atoms with Crippen molar-refractivity contribution in [2.75, 3.05) is 0 Å². The fourth-order valence-corrected chi connectivity index (χ4v) is 9.98. The van der Waals surface area contributed by atoms with E-state index in [1.165, 1.54) is 38.5 Å². The van der Waals surface area contributed by atoms with E-state index in [-0.39, 0.29) is 27.8 Å². The van der Waals surface area contributed by atoms with Crippen LogP contribution in [0, 0.1) is 57.7 Å². The molecular weight excluding hydrogens is 384 g/mol. The van der Waals surface area contributed by atoms with Crippen LogP contribution in [0.3, 0.4) is 0 Å². The van der Waals surface area contributed by atoms with Crippen molar-refractivity contribution < 1.29 is 14.3 Å². The van der Waals surface area contributed by atoms with Crippen molar-refractivity contribution in [1.82, 2.24) is 0 Å². The molecule has 0 aliphatic heterocycles. The van der Waals surface area contributed by atoms with Gasteiger partial charge in [0, 0.05) is 0 Å². The number of rotatable bonds is 6. The molecule has 0 heterocycles. The highest BCUT2D eigenvalue weighted by Gasteiger charge is 2.72. The fraction of sp³-hybridized carbons (Fsp3) is 0.893. The van der Waals surface area contributed by atoms with Crippen LogP contribution in [0.25, 0.3) is 0 Å². The summed E-state index contributed by atoms with van der Waals surface area (Å²) in [6.45, 7) is 15.1. The van der Waals surface area contributed by atoms with Crippen LogP contribution >= 0.6 is 0 Å². The van der Waals surface area contributed by atoms with E-state index in [4.69, 9.17) is 9.47 Å². The first-order valence-electron chi connectivity index (χ1n) is 13.0. The van der Waals surface area contributed by atoms with E-state index in [1.807, 2.05) is 0 Å². The number of ether oxygens (including phenoxy) is 2. The highest BCUT2D eigenvalue weighted by Crippen LogP contribution is 2.74. The van der Waals surface area contributed by atoms with Gasteiger partial charge in [0.05, 0.1) is 11.0 Å². The minimum Gasteiger partial charge on any atom is -0.431 e. The molecule has 0 amide bonds. The van der Waals surface area contributed by atoms with Crippen molar-refractivity contribution in [2.45, 2.75) is 97.9 Å². The Balaban J connectivity index is 1.24. The van der Waals surface area contributed by atoms with Crippen molar-refractivity contribution in [3.05, 3.63) is 12.7 Å². The van der Waals surface area contributed by atoms with E-state index in [9.17, 15) is 4.79 Å². The standard InChI is InChI=1S/C28H42O3/c1-7-23(30-24(29)27(14-25(2,3)4)15-26(27,5)6)31-28-13-17-9-19-18-8-16(11-21(19)28)12-22(28)20(18)10-17/h7,16-23H,1,8-15H2,2-6H3. The van der Waals surface area contributed by atoms with Crippen LogP contribution in [0.1, 0.15) is 86.0 Å². The smallest absolute Gasteiger partial charge is 0.315 e. The van der Waals surface area contributed by atoms with Gasteiger partial charge in [0.15, 0.2) is 0 Å². The van der Waals surface area contributed by atoms with Crippen molar-refractivity contribution in [1.29, 1.82) is 0 Å². The summed E-state index contributed by atoms with van der Waals surface area (Å²) in [5, 5.41) is 0. The van der Waals surface area contributed by atoms with Gasteiger partial charge >= 0.3 is 5.97 Å². The lowest BCUT2D eigenvalue weighted by molar-refractivity contribution is -0.333. The van der Waals surface area contributed by atoms with Crippen molar-refractivity contribution in [3.8, 4) is 0 Å². The lowest BCUT2D eigenvalue weighted by Gasteiger charge is -2.74. The SMILES string of the molecule is C=CC(OC(=O)C1(CC(C)(C)C)CC1(C)C)OC12CC3CC4C5CC(CC41)CC2C5C3. The van der Waals surface area contributed by atoms with Gasteiger partial charge in [-0.1, -0.05) is 41.2 Å². The van der Waals surface area contributed by atoms with Crippen LogP contribution in [-0.4, -0.2) is 17.9 Å². The normalized spacial score (nSPS) is 51.1. The van der Waals surface area contributed by atoms with E-state index >= 15 is 0 Å². The number of carbonyl (C=O) groups excluding carboxylic acids is 1. The van der Waals surface area contributed by atoms with E-state index in [2.05, 4.69) is 41.2 Å². The van der Waals surface area contributed by atoms with Crippen LogP contribution in [0.2, 0.25) is 0 Å². The van der Waals surface area contributed by atoms with Crippen LogP contribution in [0.4, 0.5) is 0 Å². The molecule has 8 fully saturated rings. The zero-order valence-electron chi connectivity index (χ0n) is 20.3. The summed E-state index contributed by atoms with van der Waals surface area (Å²) < 4.78 is 13.1. The molecule has 8 aliphatic rings. The molecule has 8 bridgehead atoms. The molecule has 0 aromatic rings. The molecule has 0 N–H and O–H groups in total. The quantitative estimate of drug-likeness (QED) is 0.281. The molecule has 0 aromatic carbocycles. The Hall–Kier alpha value is -0.830. The first kappa shape index (κ1) is 20.8. The first-order valence-corrected chi connectivity index (χ1v) is 13.0. The molecule has 8 rings (SSSR count). The minimum atomic E-state index is -0.601. The number of hydrogen-bond donors (Lipinski definition) is 0. The topological polar surface area (TPSA) is 35.5 Å². The second-order valence-corrected chi connectivity index (χ2v) is 14.3. The molecule has 6 atom stereocenters. The highest BCUT2D eigenvalue weighted by atomic mass is 16.7. The maximum absolute atomic E-state index is 13.5. The average Bonchev–Trinajstić information content (AvgIpc) is 3.24. The van der Waals surface area contributed by atoms with Gasteiger partial charge in [-0.25, -0.2) is 0 Å². The van der Waals surface area contributed by atoms with Gasteiger partial charge in [-0.2, -0.15) is 0 Å². The van der Waals surface area contributed by atoms with Gasteiger partial charge in [-0.05, 0) is 110 Å². The first-order chi connectivity index (χ1) is 14.5. The van der Waals surface area contributed by atoms with E-state index in [0.29, 0.717) is 11.8 Å². The summed E-state index contributed by atoms with van der Waals surface area (Å²) in [4.78, 5) is 13.5. The summed E-state index contributed by atoms with van der Waals surface area (Å²) in [6, 6.07) is 0. The maximum atomic E-state index is 13.5. The van der Waals surface area contributed by atoms with Gasteiger partial charge in [-0.3, -0.25) is 4.79 Å². The lowest BCUT2D eigenvalue weighted by Crippen LogP contribution is -2.72. The highest BCUT2D eigenvalue weighted by molar-refractivity contribution is 5.82. The summed E-state index contributed by atoms with van der Waals surface area (Å²) in [5.41, 5.74) is -0.342. The Morgan fingerprint density at radius 2 is 1.61 bits per heavy atom. The Bertz CT molecular complexity index is 782. The van der Waals surface area contributed by atoms with Gasteiger partial charge in [0.2, 0.25) is 6.29 Å². The van der Waals surface area contributed by atoms with E-state index in [1.54, 1.807) is 6.08 Å². The molecule has 0 radical (unpaired) electrons. The van der Waals surface area contributed by atoms with Gasteiger partial charge in [-0.15, -0.1) is 0 Å². The number of carbonyl (C=O) groups is 1. The predicted octanol–water partition coefficient (Wildman–Crippen LogP) is 6.37. The van der Waals surface area contributed by atoms with Gasteiger partial charge in [0.25, 0.3) is 0 Å². The molecule has 8 saturated carbocycles. The predicted molar refractivity (Wildman–Crippen MR) is 121 cm³/mol. The Labute approximate surface area is 188 Å². The zero-order chi connectivity index (χ0) is 22.0. The molecule has 0 saturated heterocycles. The number of esters is 1. The lowest BCUT2D eigenvalue weighted by atomic mass is 9.34.